The maximum absolute atomic E-state index is 4.72. The van der Waals surface area contributed by atoms with Crippen LogP contribution >= 0.6 is 44.2 Å². The van der Waals surface area contributed by atoms with Crippen LogP contribution in [0.25, 0.3) is 37.7 Å². The smallest absolute Gasteiger partial charge is 0.213 e. The number of aromatic amines is 1. The summed E-state index contributed by atoms with van der Waals surface area (Å²) in [6, 6.07) is 16.4. The Morgan fingerprint density at radius 2 is 1.92 bits per heavy atom. The zero-order chi connectivity index (χ0) is 16.1. The highest BCUT2D eigenvalue weighted by Gasteiger charge is 2.14. The van der Waals surface area contributed by atoms with Gasteiger partial charge in [0, 0.05) is 32.7 Å². The number of benzene rings is 2. The topological polar surface area (TPSA) is 46.0 Å². The lowest BCUT2D eigenvalue weighted by atomic mass is 10.2. The second kappa shape index (κ2) is 6.40. The summed E-state index contributed by atoms with van der Waals surface area (Å²) in [5.74, 6) is 0. The first-order valence-corrected chi connectivity index (χ1v) is 9.07. The predicted molar refractivity (Wildman–Crippen MR) is 112 cm³/mol. The number of fused-ring (bicyclic) bond motifs is 2. The van der Waals surface area contributed by atoms with E-state index in [-0.39, 0.29) is 17.0 Å². The molecule has 0 saturated heterocycles. The van der Waals surface area contributed by atoms with Crippen molar-refractivity contribution in [1.82, 2.24) is 19.6 Å². The fourth-order valence-electron chi connectivity index (χ4n) is 2.83. The lowest BCUT2D eigenvalue weighted by Crippen LogP contribution is -1.82. The lowest BCUT2D eigenvalue weighted by Gasteiger charge is -1.95. The molecule has 1 N–H and O–H groups in total. The van der Waals surface area contributed by atoms with Crippen molar-refractivity contribution in [3.8, 4) is 21.8 Å². The maximum Gasteiger partial charge on any atom is 0.213 e. The van der Waals surface area contributed by atoms with E-state index in [1.807, 2.05) is 41.2 Å². The Morgan fingerprint density at radius 1 is 1.08 bits per heavy atom. The summed E-state index contributed by atoms with van der Waals surface area (Å²) >= 11 is 5.13. The zero-order valence-corrected chi connectivity index (χ0v) is 16.9. The molecule has 7 heteroatoms. The summed E-state index contributed by atoms with van der Waals surface area (Å²) in [5.41, 5.74) is 4.25. The molecule has 0 unspecified atom stereocenters. The number of nitrogens with one attached hydrogen (secondary N) is 1. The molecule has 0 fully saturated rings. The van der Waals surface area contributed by atoms with Crippen LogP contribution in [0.5, 0.6) is 0 Å². The average Bonchev–Trinajstić information content (AvgIpc) is 3.27. The number of hydrogen-bond donors (Lipinski definition) is 1. The Hall–Kier alpha value is -1.96. The van der Waals surface area contributed by atoms with Gasteiger partial charge in [0.2, 0.25) is 4.96 Å². The van der Waals surface area contributed by atoms with E-state index in [4.69, 9.17) is 10.1 Å². The summed E-state index contributed by atoms with van der Waals surface area (Å²) in [4.78, 5) is 8.91. The van der Waals surface area contributed by atoms with Crippen molar-refractivity contribution in [3.05, 3.63) is 65.4 Å². The normalized spacial score (nSPS) is 11.1. The molecule has 5 aromatic rings. The molecule has 0 bridgehead atoms. The third kappa shape index (κ3) is 2.82. The summed E-state index contributed by atoms with van der Waals surface area (Å²) in [7, 11) is 0. The number of H-pyrrole nitrogens is 1. The number of rotatable bonds is 2. The summed E-state index contributed by atoms with van der Waals surface area (Å²) in [6.45, 7) is 0. The van der Waals surface area contributed by atoms with Crippen LogP contribution < -0.4 is 0 Å². The summed E-state index contributed by atoms with van der Waals surface area (Å²) < 4.78 is 2.92. The molecule has 0 radical (unpaired) electrons. The number of hydrogen-bond acceptors (Lipinski definition) is 3. The molecule has 0 saturated carbocycles. The minimum Gasteiger partial charge on any atom is -0.360 e. The van der Waals surface area contributed by atoms with Gasteiger partial charge >= 0.3 is 0 Å². The molecule has 3 aromatic heterocycles. The van der Waals surface area contributed by atoms with Gasteiger partial charge in [0.05, 0.1) is 11.9 Å². The van der Waals surface area contributed by atoms with E-state index in [0.717, 1.165) is 42.2 Å². The number of imidazole rings is 1. The van der Waals surface area contributed by atoms with Crippen LogP contribution in [0, 0.1) is 0 Å². The van der Waals surface area contributed by atoms with Crippen LogP contribution in [0.15, 0.2) is 65.4 Å². The van der Waals surface area contributed by atoms with Crippen molar-refractivity contribution < 1.29 is 0 Å². The second-order valence-corrected chi connectivity index (χ2v) is 7.39. The van der Waals surface area contributed by atoms with E-state index in [0.29, 0.717) is 0 Å². The van der Waals surface area contributed by atoms with Crippen LogP contribution in [0.1, 0.15) is 0 Å². The third-order valence-electron chi connectivity index (χ3n) is 3.99. The average molecular weight is 476 g/mol. The van der Waals surface area contributed by atoms with Crippen molar-refractivity contribution >= 4 is 60.1 Å². The van der Waals surface area contributed by atoms with Gasteiger partial charge in [0.1, 0.15) is 5.01 Å². The van der Waals surface area contributed by atoms with Gasteiger partial charge in [-0.2, -0.15) is 5.10 Å². The summed E-state index contributed by atoms with van der Waals surface area (Å²) in [5, 5.41) is 6.84. The minimum absolute atomic E-state index is 0. The Bertz CT molecular complexity index is 1140. The highest BCUT2D eigenvalue weighted by molar-refractivity contribution is 9.10. The highest BCUT2D eigenvalue weighted by atomic mass is 79.9. The van der Waals surface area contributed by atoms with E-state index in [1.165, 1.54) is 0 Å². The Kier molecular flexibility index (Phi) is 4.23. The van der Waals surface area contributed by atoms with Crippen molar-refractivity contribution in [3.63, 3.8) is 0 Å². The monoisotopic (exact) mass is 474 g/mol. The standard InChI is InChI=1S/C18H11BrN4S.BrH/c19-12-6-7-15-13(8-12)14(9-20-15)17-22-23-10-16(21-18(23)24-17)11-4-2-1-3-5-11;/h1-10,20H;1H. The number of aromatic nitrogens is 4. The molecule has 5 rings (SSSR count). The van der Waals surface area contributed by atoms with Crippen LogP contribution in [-0.4, -0.2) is 19.6 Å². The molecule has 4 nitrogen and oxygen atoms in total. The summed E-state index contributed by atoms with van der Waals surface area (Å²) in [6.07, 6.45) is 3.99. The van der Waals surface area contributed by atoms with Gasteiger partial charge in [-0.05, 0) is 18.2 Å². The molecule has 3 heterocycles. The lowest BCUT2D eigenvalue weighted by molar-refractivity contribution is 0.979. The number of nitrogens with zero attached hydrogens (tertiary/aromatic N) is 3. The Morgan fingerprint density at radius 3 is 2.72 bits per heavy atom. The third-order valence-corrected chi connectivity index (χ3v) is 5.44. The molecular weight excluding hydrogens is 464 g/mol. The van der Waals surface area contributed by atoms with E-state index < -0.39 is 0 Å². The first-order valence-electron chi connectivity index (χ1n) is 7.46. The molecule has 124 valence electrons. The molecule has 0 aliphatic carbocycles. The van der Waals surface area contributed by atoms with Crippen molar-refractivity contribution in [1.29, 1.82) is 0 Å². The van der Waals surface area contributed by atoms with E-state index in [2.05, 4.69) is 45.2 Å². The zero-order valence-electron chi connectivity index (χ0n) is 12.8. The predicted octanol–water partition coefficient (Wildman–Crippen LogP) is 5.95. The molecular formula is C18H12Br2N4S. The SMILES string of the molecule is Br.Brc1ccc2[nH]cc(-c3nn4cc(-c5ccccc5)nc4s3)c2c1. The molecule has 0 spiro atoms. The van der Waals surface area contributed by atoms with Gasteiger partial charge in [0.15, 0.2) is 0 Å². The maximum atomic E-state index is 4.72. The fraction of sp³-hybridized carbons (Fsp3) is 0. The first kappa shape index (κ1) is 16.5. The molecule has 0 amide bonds. The van der Waals surface area contributed by atoms with Crippen LogP contribution in [0.2, 0.25) is 0 Å². The van der Waals surface area contributed by atoms with Gasteiger partial charge in [-0.1, -0.05) is 57.6 Å². The van der Waals surface area contributed by atoms with Gasteiger partial charge < -0.3 is 4.98 Å². The van der Waals surface area contributed by atoms with Gasteiger partial charge in [-0.3, -0.25) is 0 Å². The molecule has 0 aliphatic heterocycles. The van der Waals surface area contributed by atoms with Gasteiger partial charge in [-0.25, -0.2) is 9.50 Å². The Balaban J connectivity index is 0.00000157. The van der Waals surface area contributed by atoms with Gasteiger partial charge in [-0.15, -0.1) is 17.0 Å². The van der Waals surface area contributed by atoms with Crippen molar-refractivity contribution in [2.24, 2.45) is 0 Å². The fourth-order valence-corrected chi connectivity index (χ4v) is 4.10. The van der Waals surface area contributed by atoms with Gasteiger partial charge in [0.25, 0.3) is 0 Å². The quantitative estimate of drug-likeness (QED) is 0.343. The molecule has 25 heavy (non-hydrogen) atoms. The highest BCUT2D eigenvalue weighted by Crippen LogP contribution is 2.34. The van der Waals surface area contributed by atoms with Crippen LogP contribution in [-0.2, 0) is 0 Å². The van der Waals surface area contributed by atoms with Crippen molar-refractivity contribution in [2.45, 2.75) is 0 Å². The molecule has 0 aliphatic rings. The van der Waals surface area contributed by atoms with E-state index >= 15 is 0 Å². The molecule has 2 aromatic carbocycles. The van der Waals surface area contributed by atoms with E-state index in [9.17, 15) is 0 Å². The second-order valence-electron chi connectivity index (χ2n) is 5.52. The molecule has 0 atom stereocenters. The van der Waals surface area contributed by atoms with Crippen LogP contribution in [0.4, 0.5) is 0 Å². The Labute approximate surface area is 166 Å². The minimum atomic E-state index is 0. The largest absolute Gasteiger partial charge is 0.360 e. The first-order chi connectivity index (χ1) is 11.8. The number of halogens is 2. The van der Waals surface area contributed by atoms with Crippen molar-refractivity contribution in [2.75, 3.05) is 0 Å². The van der Waals surface area contributed by atoms with Crippen LogP contribution in [0.3, 0.4) is 0 Å². The van der Waals surface area contributed by atoms with E-state index in [1.54, 1.807) is 11.3 Å².